The highest BCUT2D eigenvalue weighted by Gasteiger charge is 2.68. The molecule has 2 saturated heterocycles. The fraction of sp³-hybridized carbons (Fsp3) is 0.607. The van der Waals surface area contributed by atoms with Crippen LogP contribution in [0.25, 0.3) is 0 Å². The van der Waals surface area contributed by atoms with Crippen LogP contribution < -0.4 is 11.2 Å². The quantitative estimate of drug-likeness (QED) is 0.139. The van der Waals surface area contributed by atoms with E-state index >= 15 is 0 Å². The SMILES string of the molecule is CC(C)[Si]1(C(C)C)OCC2OC(n3ccc(=O)[nH]c3=O)C(O)(OC(=O)c3ccc([N+](=O)[O-])cc3)C2O[Si](C(C)C)(C(C)C)O1. The van der Waals surface area contributed by atoms with Crippen LogP contribution in [-0.4, -0.2) is 67.3 Å². The molecule has 2 fully saturated rings. The van der Waals surface area contributed by atoms with Gasteiger partial charge in [0.1, 0.15) is 12.2 Å². The van der Waals surface area contributed by atoms with Gasteiger partial charge < -0.3 is 27.5 Å². The summed E-state index contributed by atoms with van der Waals surface area (Å²) in [7, 11) is -6.38. The number of nitro benzene ring substituents is 1. The molecule has 0 bridgehead atoms. The lowest BCUT2D eigenvalue weighted by atomic mass is 10.1. The van der Waals surface area contributed by atoms with Gasteiger partial charge >= 0.3 is 28.8 Å². The first kappa shape index (κ1) is 33.9. The third kappa shape index (κ3) is 5.87. The molecular formula is C28H41N3O11Si2. The predicted octanol–water partition coefficient (Wildman–Crippen LogP) is 3.84. The number of fused-ring (bicyclic) bond motifs is 1. The van der Waals surface area contributed by atoms with Gasteiger partial charge in [-0.15, -0.1) is 0 Å². The summed E-state index contributed by atoms with van der Waals surface area (Å²) in [5, 5.41) is 23.5. The van der Waals surface area contributed by atoms with Gasteiger partial charge in [-0.3, -0.25) is 24.5 Å². The Bertz CT molecular complexity index is 1470. The summed E-state index contributed by atoms with van der Waals surface area (Å²) in [5.41, 5.74) is -2.20. The van der Waals surface area contributed by atoms with Gasteiger partial charge in [-0.25, -0.2) is 9.59 Å². The molecule has 0 aliphatic carbocycles. The normalized spacial score (nSPS) is 26.4. The van der Waals surface area contributed by atoms with Crippen LogP contribution in [0.4, 0.5) is 5.69 Å². The highest BCUT2D eigenvalue weighted by atomic mass is 28.5. The van der Waals surface area contributed by atoms with Crippen molar-refractivity contribution in [1.29, 1.82) is 0 Å². The molecule has 2 N–H and O–H groups in total. The maximum absolute atomic E-state index is 13.5. The van der Waals surface area contributed by atoms with E-state index in [9.17, 15) is 29.6 Å². The van der Waals surface area contributed by atoms with Crippen LogP contribution in [0.1, 0.15) is 72.0 Å². The molecule has 2 aromatic rings. The number of aliphatic hydroxyl groups is 1. The van der Waals surface area contributed by atoms with Crippen LogP contribution in [0, 0.1) is 10.1 Å². The van der Waals surface area contributed by atoms with Crippen molar-refractivity contribution >= 4 is 28.8 Å². The fourth-order valence-electron chi connectivity index (χ4n) is 6.06. The zero-order chi connectivity index (χ0) is 32.8. The first-order chi connectivity index (χ1) is 20.5. The van der Waals surface area contributed by atoms with Crippen molar-refractivity contribution < 1.29 is 37.3 Å². The minimum atomic E-state index is -3.37. The average Bonchev–Trinajstić information content (AvgIpc) is 3.17. The predicted molar refractivity (Wildman–Crippen MR) is 163 cm³/mol. The highest BCUT2D eigenvalue weighted by Crippen LogP contribution is 2.51. The molecular weight excluding hydrogens is 610 g/mol. The van der Waals surface area contributed by atoms with Crippen molar-refractivity contribution in [3.05, 3.63) is 73.0 Å². The number of rotatable bonds is 8. The molecule has 242 valence electrons. The molecule has 4 rings (SSSR count). The van der Waals surface area contributed by atoms with E-state index in [1.165, 1.54) is 12.1 Å². The molecule has 0 amide bonds. The molecule has 0 saturated carbocycles. The highest BCUT2D eigenvalue weighted by molar-refractivity contribution is 6.84. The topological polar surface area (TPSA) is 181 Å². The minimum absolute atomic E-state index is 0.0184. The van der Waals surface area contributed by atoms with Crippen LogP contribution in [0.2, 0.25) is 22.2 Å². The Morgan fingerprint density at radius 2 is 1.59 bits per heavy atom. The summed E-state index contributed by atoms with van der Waals surface area (Å²) >= 11 is 0. The lowest BCUT2D eigenvalue weighted by molar-refractivity contribution is -0.384. The number of nitrogens with one attached hydrogen (secondary N) is 1. The maximum Gasteiger partial charge on any atom is 0.340 e. The van der Waals surface area contributed by atoms with Crippen molar-refractivity contribution in [3.8, 4) is 0 Å². The number of hydrogen-bond donors (Lipinski definition) is 2. The van der Waals surface area contributed by atoms with Crippen LogP contribution in [0.3, 0.4) is 0 Å². The van der Waals surface area contributed by atoms with Gasteiger partial charge in [-0.05, 0) is 34.3 Å². The van der Waals surface area contributed by atoms with E-state index in [4.69, 9.17) is 22.4 Å². The lowest BCUT2D eigenvalue weighted by Gasteiger charge is -2.51. The molecule has 2 aliphatic heterocycles. The van der Waals surface area contributed by atoms with Crippen molar-refractivity contribution in [1.82, 2.24) is 9.55 Å². The average molecular weight is 652 g/mol. The molecule has 1 aromatic carbocycles. The van der Waals surface area contributed by atoms with Gasteiger partial charge in [0.25, 0.3) is 17.0 Å². The number of nitrogens with zero attached hydrogens (tertiary/aromatic N) is 2. The summed E-state index contributed by atoms with van der Waals surface area (Å²) in [6.45, 7) is 16.0. The Kier molecular flexibility index (Phi) is 9.56. The monoisotopic (exact) mass is 651 g/mol. The lowest BCUT2D eigenvalue weighted by Crippen LogP contribution is -2.67. The van der Waals surface area contributed by atoms with E-state index < -0.39 is 63.5 Å². The number of aromatic nitrogens is 2. The summed E-state index contributed by atoms with van der Waals surface area (Å²) in [5.74, 6) is -3.67. The van der Waals surface area contributed by atoms with Crippen LogP contribution >= 0.6 is 0 Å². The second-order valence-corrected chi connectivity index (χ2v) is 21.3. The van der Waals surface area contributed by atoms with Gasteiger partial charge in [0.2, 0.25) is 6.23 Å². The fourth-order valence-corrected chi connectivity index (χ4v) is 17.3. The minimum Gasteiger partial charge on any atom is -0.422 e. The number of aromatic amines is 1. The molecule has 16 heteroatoms. The number of H-pyrrole nitrogens is 1. The Morgan fingerprint density at radius 1 is 1.02 bits per heavy atom. The van der Waals surface area contributed by atoms with E-state index in [2.05, 4.69) is 4.98 Å². The van der Waals surface area contributed by atoms with E-state index in [1.807, 2.05) is 55.4 Å². The smallest absolute Gasteiger partial charge is 0.340 e. The van der Waals surface area contributed by atoms with Crippen molar-refractivity contribution in [2.24, 2.45) is 0 Å². The molecule has 4 atom stereocenters. The number of non-ortho nitro benzene ring substituents is 1. The number of benzene rings is 1. The number of hydrogen-bond acceptors (Lipinski definition) is 11. The van der Waals surface area contributed by atoms with Crippen LogP contribution in [0.5, 0.6) is 0 Å². The summed E-state index contributed by atoms with van der Waals surface area (Å²) in [4.78, 5) is 51.0. The number of nitro groups is 1. The maximum atomic E-state index is 13.5. The van der Waals surface area contributed by atoms with Gasteiger partial charge in [0.05, 0.1) is 17.1 Å². The Morgan fingerprint density at radius 3 is 2.09 bits per heavy atom. The van der Waals surface area contributed by atoms with Gasteiger partial charge in [-0.1, -0.05) is 55.4 Å². The second kappa shape index (κ2) is 12.4. The van der Waals surface area contributed by atoms with Gasteiger partial charge in [0.15, 0.2) is 0 Å². The van der Waals surface area contributed by atoms with E-state index in [0.29, 0.717) is 0 Å². The standard InChI is InChI=1S/C28H41N3O11Si2/c1-16(2)43(17(3)4)38-15-22-24(41-44(42-43,18(5)6)19(7)8)28(35,26(39-22)30-14-13-23(32)29-27(30)34)40-25(33)20-9-11-21(12-10-20)31(36)37/h9-14,16-19,22,24,26,35H,15H2,1-8H3,(H,29,32,34). The zero-order valence-corrected chi connectivity index (χ0v) is 28.1. The van der Waals surface area contributed by atoms with Crippen molar-refractivity contribution in [2.75, 3.05) is 6.61 Å². The van der Waals surface area contributed by atoms with Crippen molar-refractivity contribution in [3.63, 3.8) is 0 Å². The van der Waals surface area contributed by atoms with Crippen LogP contribution in [-0.2, 0) is 22.4 Å². The Hall–Kier alpha value is -3.00. The third-order valence-corrected chi connectivity index (χ3v) is 18.6. The zero-order valence-electron chi connectivity index (χ0n) is 26.1. The number of ether oxygens (including phenoxy) is 2. The largest absolute Gasteiger partial charge is 0.422 e. The third-order valence-electron chi connectivity index (χ3n) is 8.40. The molecule has 1 aromatic heterocycles. The van der Waals surface area contributed by atoms with E-state index in [-0.39, 0.29) is 40.0 Å². The molecule has 0 radical (unpaired) electrons. The molecule has 14 nitrogen and oxygen atoms in total. The molecule has 44 heavy (non-hydrogen) atoms. The second-order valence-electron chi connectivity index (χ2n) is 12.5. The molecule has 4 unspecified atom stereocenters. The Labute approximate surface area is 256 Å². The van der Waals surface area contributed by atoms with Gasteiger partial charge in [-0.2, -0.15) is 0 Å². The van der Waals surface area contributed by atoms with Crippen LogP contribution in [0.15, 0.2) is 46.1 Å². The number of carbonyl (C=O) groups excluding carboxylic acids is 1. The summed E-state index contributed by atoms with van der Waals surface area (Å²) < 4.78 is 33.8. The molecule has 2 aliphatic rings. The number of esters is 1. The summed E-state index contributed by atoms with van der Waals surface area (Å²) in [6.07, 6.45) is -2.93. The van der Waals surface area contributed by atoms with E-state index in [1.54, 1.807) is 0 Å². The number of carbonyl (C=O) groups is 1. The van der Waals surface area contributed by atoms with E-state index in [0.717, 1.165) is 29.0 Å². The summed E-state index contributed by atoms with van der Waals surface area (Å²) in [6, 6.07) is 5.71. The molecule has 3 heterocycles. The van der Waals surface area contributed by atoms with Gasteiger partial charge in [0, 0.05) is 24.4 Å². The van der Waals surface area contributed by atoms with Crippen molar-refractivity contribution in [2.45, 2.75) is 102 Å². The first-order valence-electron chi connectivity index (χ1n) is 14.7. The Balaban J connectivity index is 1.88. The first-order valence-corrected chi connectivity index (χ1v) is 18.6. The molecule has 0 spiro atoms.